The molecule has 10 heteroatoms. The third-order valence-electron chi connectivity index (χ3n) is 6.04. The number of benzene rings is 3. The largest absolute Gasteiger partial charge is 0.497 e. The van der Waals surface area contributed by atoms with Crippen molar-refractivity contribution >= 4 is 44.1 Å². The molecule has 1 aliphatic rings. The lowest BCUT2D eigenvalue weighted by molar-refractivity contribution is 0.395. The van der Waals surface area contributed by atoms with E-state index in [2.05, 4.69) is 20.0 Å². The maximum atomic E-state index is 13.6. The number of hydrogen-bond donors (Lipinski definition) is 2. The molecule has 3 aromatic carbocycles. The van der Waals surface area contributed by atoms with E-state index in [0.717, 1.165) is 11.4 Å². The van der Waals surface area contributed by atoms with Crippen molar-refractivity contribution in [2.24, 2.45) is 0 Å². The van der Waals surface area contributed by atoms with Gasteiger partial charge in [-0.25, -0.2) is 18.4 Å². The van der Waals surface area contributed by atoms with Gasteiger partial charge in [-0.15, -0.1) is 0 Å². The highest BCUT2D eigenvalue weighted by molar-refractivity contribution is 7.92. The van der Waals surface area contributed by atoms with Gasteiger partial charge in [-0.1, -0.05) is 30.4 Å². The molecule has 0 fully saturated rings. The zero-order valence-corrected chi connectivity index (χ0v) is 22.0. The third kappa shape index (κ3) is 5.25. The summed E-state index contributed by atoms with van der Waals surface area (Å²) in [4.78, 5) is 11.4. The van der Waals surface area contributed by atoms with Gasteiger partial charge in [-0.05, 0) is 43.3 Å². The van der Waals surface area contributed by atoms with E-state index in [9.17, 15) is 8.42 Å². The molecule has 1 aromatic heterocycles. The molecule has 0 amide bonds. The van der Waals surface area contributed by atoms with Crippen LogP contribution in [-0.4, -0.2) is 39.2 Å². The molecule has 0 saturated carbocycles. The quantitative estimate of drug-likeness (QED) is 0.310. The van der Waals surface area contributed by atoms with Crippen LogP contribution in [-0.2, 0) is 10.0 Å². The summed E-state index contributed by atoms with van der Waals surface area (Å²) in [5.74, 6) is 1.43. The number of allylic oxidation sites excluding steroid dienone is 3. The minimum absolute atomic E-state index is 0.0628. The predicted octanol–water partition coefficient (Wildman–Crippen LogP) is 5.47. The lowest BCUT2D eigenvalue weighted by Crippen LogP contribution is -2.23. The van der Waals surface area contributed by atoms with Crippen LogP contribution in [0, 0.1) is 0 Å². The van der Waals surface area contributed by atoms with Crippen LogP contribution in [0.3, 0.4) is 0 Å². The number of fused-ring (bicyclic) bond motifs is 1. The molecule has 9 nitrogen and oxygen atoms in total. The van der Waals surface area contributed by atoms with Gasteiger partial charge in [0.25, 0.3) is 10.0 Å². The monoisotopic (exact) mass is 529 g/mol. The van der Waals surface area contributed by atoms with Crippen LogP contribution in [0.5, 0.6) is 11.5 Å². The van der Waals surface area contributed by atoms with Crippen LogP contribution < -0.4 is 24.4 Å². The summed E-state index contributed by atoms with van der Waals surface area (Å²) in [5, 5.41) is 3.17. The molecule has 0 radical (unpaired) electrons. The van der Waals surface area contributed by atoms with Gasteiger partial charge in [0, 0.05) is 41.8 Å². The second-order valence-electron chi connectivity index (χ2n) is 8.59. The number of rotatable bonds is 8. The highest BCUT2D eigenvalue weighted by Crippen LogP contribution is 2.32. The van der Waals surface area contributed by atoms with E-state index in [1.165, 1.54) is 0 Å². The van der Waals surface area contributed by atoms with Gasteiger partial charge in [-0.2, -0.15) is 0 Å². The molecule has 0 spiro atoms. The van der Waals surface area contributed by atoms with Crippen molar-refractivity contribution in [3.8, 4) is 11.5 Å². The van der Waals surface area contributed by atoms with Gasteiger partial charge in [0.15, 0.2) is 11.6 Å². The summed E-state index contributed by atoms with van der Waals surface area (Å²) >= 11 is 0. The number of nitrogens with one attached hydrogen (secondary N) is 2. The molecule has 38 heavy (non-hydrogen) atoms. The number of para-hydroxylation sites is 2. The third-order valence-corrected chi connectivity index (χ3v) is 7.38. The average Bonchev–Trinajstić information content (AvgIpc) is 2.93. The molecule has 0 unspecified atom stereocenters. The van der Waals surface area contributed by atoms with E-state index in [-0.39, 0.29) is 16.5 Å². The van der Waals surface area contributed by atoms with Crippen LogP contribution in [0.1, 0.15) is 6.92 Å². The number of methoxy groups -OCH3 is 2. The minimum atomic E-state index is -4.01. The molecule has 2 N–H and O–H groups in total. The van der Waals surface area contributed by atoms with Crippen LogP contribution in [0.4, 0.5) is 23.0 Å². The highest BCUT2D eigenvalue weighted by atomic mass is 32.2. The molecule has 4 aromatic rings. The van der Waals surface area contributed by atoms with Gasteiger partial charge in [0.2, 0.25) is 0 Å². The fraction of sp³-hybridized carbons (Fsp3) is 0.143. The first-order chi connectivity index (χ1) is 18.4. The van der Waals surface area contributed by atoms with Crippen molar-refractivity contribution < 1.29 is 17.9 Å². The van der Waals surface area contributed by atoms with Crippen molar-refractivity contribution in [3.05, 3.63) is 90.7 Å². The van der Waals surface area contributed by atoms with Gasteiger partial charge < -0.3 is 19.7 Å². The Morgan fingerprint density at radius 3 is 2.21 bits per heavy atom. The Morgan fingerprint density at radius 2 is 1.55 bits per heavy atom. The molecule has 0 saturated heterocycles. The first-order valence-corrected chi connectivity index (χ1v) is 13.4. The molecule has 0 aliphatic carbocycles. The Morgan fingerprint density at radius 1 is 0.868 bits per heavy atom. The Kier molecular flexibility index (Phi) is 6.89. The van der Waals surface area contributed by atoms with Crippen LogP contribution in [0.15, 0.2) is 95.6 Å². The normalized spacial score (nSPS) is 13.2. The first kappa shape index (κ1) is 25.1. The van der Waals surface area contributed by atoms with Gasteiger partial charge in [-0.3, -0.25) is 4.72 Å². The Balaban J connectivity index is 1.53. The zero-order valence-electron chi connectivity index (χ0n) is 21.2. The van der Waals surface area contributed by atoms with E-state index in [0.29, 0.717) is 34.8 Å². The Labute approximate surface area is 221 Å². The van der Waals surface area contributed by atoms with Gasteiger partial charge >= 0.3 is 0 Å². The Hall–Kier alpha value is -4.57. The van der Waals surface area contributed by atoms with E-state index >= 15 is 0 Å². The predicted molar refractivity (Wildman–Crippen MR) is 150 cm³/mol. The fourth-order valence-electron chi connectivity index (χ4n) is 4.10. The summed E-state index contributed by atoms with van der Waals surface area (Å²) in [6.07, 6.45) is 5.99. The maximum absolute atomic E-state index is 13.6. The van der Waals surface area contributed by atoms with Gasteiger partial charge in [0.1, 0.15) is 11.5 Å². The summed E-state index contributed by atoms with van der Waals surface area (Å²) in [6, 6.07) is 19.3. The van der Waals surface area contributed by atoms with E-state index in [1.54, 1.807) is 56.7 Å². The lowest BCUT2D eigenvalue weighted by Gasteiger charge is -2.26. The topological polar surface area (TPSA) is 106 Å². The number of ether oxygens (including phenoxy) is 2. The molecular formula is C28H27N5O4S. The molecule has 0 bridgehead atoms. The second kappa shape index (κ2) is 10.4. The number of sulfonamides is 1. The molecule has 1 aliphatic heterocycles. The molecule has 2 heterocycles. The van der Waals surface area contributed by atoms with Gasteiger partial charge in [0.05, 0.1) is 30.1 Å². The van der Waals surface area contributed by atoms with Crippen molar-refractivity contribution in [2.75, 3.05) is 35.7 Å². The minimum Gasteiger partial charge on any atom is -0.497 e. The lowest BCUT2D eigenvalue weighted by atomic mass is 10.2. The van der Waals surface area contributed by atoms with Crippen molar-refractivity contribution in [1.82, 2.24) is 9.97 Å². The maximum Gasteiger partial charge on any atom is 0.263 e. The first-order valence-electron chi connectivity index (χ1n) is 11.9. The second-order valence-corrected chi connectivity index (χ2v) is 10.3. The summed E-state index contributed by atoms with van der Waals surface area (Å²) in [5.41, 5.74) is 3.55. The zero-order chi connectivity index (χ0) is 26.7. The number of nitrogens with zero attached hydrogens (tertiary/aromatic N) is 3. The van der Waals surface area contributed by atoms with Crippen LogP contribution in [0.2, 0.25) is 0 Å². The SMILES string of the molecule is COc1cc(Nc2nc3ccccc3nc2NS(=O)(=O)c2cccc(N3CC=CC=C3C)c2)cc(OC)c1. The van der Waals surface area contributed by atoms with Crippen LogP contribution >= 0.6 is 0 Å². The molecule has 0 atom stereocenters. The van der Waals surface area contributed by atoms with E-state index < -0.39 is 10.0 Å². The van der Waals surface area contributed by atoms with Crippen LogP contribution in [0.25, 0.3) is 11.0 Å². The Bertz CT molecular complexity index is 1650. The summed E-state index contributed by atoms with van der Waals surface area (Å²) in [7, 11) is -0.897. The van der Waals surface area contributed by atoms with Crippen molar-refractivity contribution in [3.63, 3.8) is 0 Å². The standard InChI is InChI=1S/C28H27N5O4S/c1-19-9-6-7-14-33(19)21-10-8-11-24(17-21)38(34,35)32-28-27(30-25-12-4-5-13-26(25)31-28)29-20-15-22(36-2)18-23(16-20)37-3/h4-13,15-18H,14H2,1-3H3,(H,29,30)(H,31,32). The summed E-state index contributed by atoms with van der Waals surface area (Å²) in [6.45, 7) is 2.65. The van der Waals surface area contributed by atoms with Crippen molar-refractivity contribution in [2.45, 2.75) is 11.8 Å². The fourth-order valence-corrected chi connectivity index (χ4v) is 5.14. The summed E-state index contributed by atoms with van der Waals surface area (Å²) < 4.78 is 40.5. The van der Waals surface area contributed by atoms with E-state index in [1.807, 2.05) is 54.3 Å². The molecule has 5 rings (SSSR count). The average molecular weight is 530 g/mol. The number of anilines is 4. The molecule has 194 valence electrons. The number of aromatic nitrogens is 2. The van der Waals surface area contributed by atoms with Crippen molar-refractivity contribution in [1.29, 1.82) is 0 Å². The molecular weight excluding hydrogens is 502 g/mol. The highest BCUT2D eigenvalue weighted by Gasteiger charge is 2.21. The van der Waals surface area contributed by atoms with E-state index in [4.69, 9.17) is 9.47 Å². The number of hydrogen-bond acceptors (Lipinski definition) is 8. The smallest absolute Gasteiger partial charge is 0.263 e.